The molecule has 2 aromatic carbocycles. The van der Waals surface area contributed by atoms with Crippen LogP contribution in [0.15, 0.2) is 45.7 Å². The molecule has 2 amide bonds. The Morgan fingerprint density at radius 1 is 1.09 bits per heavy atom. The number of carbonyl (C=O) groups excluding carboxylic acids is 2. The minimum Gasteiger partial charge on any atom is -0.493 e. The molecule has 10 nitrogen and oxygen atoms in total. The molecule has 1 fully saturated rings. The summed E-state index contributed by atoms with van der Waals surface area (Å²) in [5.74, 6) is 0.557. The molecule has 0 saturated carbocycles. The van der Waals surface area contributed by atoms with E-state index >= 15 is 0 Å². The largest absolute Gasteiger partial charge is 0.493 e. The summed E-state index contributed by atoms with van der Waals surface area (Å²) in [6, 6.07) is 10.8. The van der Waals surface area contributed by atoms with Gasteiger partial charge >= 0.3 is 6.01 Å². The first kappa shape index (κ1) is 23.4. The van der Waals surface area contributed by atoms with Crippen molar-refractivity contribution in [1.82, 2.24) is 10.2 Å². The van der Waals surface area contributed by atoms with E-state index in [2.05, 4.69) is 15.5 Å². The zero-order chi connectivity index (χ0) is 24.2. The standard InChI is InChI=1S/C23H24N4O6S/c1-30-17-9-13(10-18(31-2)20(17)32-3)21(29)24-23-26-25-22(33-23)14-11-19(28)27(12-14)15-5-7-16(34-4)8-6-15/h5-10,14H,11-12H2,1-4H3,(H,24,26,29)/t14-/m1/s1. The lowest BCUT2D eigenvalue weighted by atomic mass is 10.1. The number of anilines is 2. The number of carbonyl (C=O) groups is 2. The van der Waals surface area contributed by atoms with Gasteiger partial charge in [0.25, 0.3) is 5.91 Å². The topological polar surface area (TPSA) is 116 Å². The third kappa shape index (κ3) is 4.65. The average Bonchev–Trinajstić information content (AvgIpc) is 3.49. The van der Waals surface area contributed by atoms with Gasteiger partial charge in [-0.15, -0.1) is 16.9 Å². The fourth-order valence-corrected chi connectivity index (χ4v) is 4.12. The smallest absolute Gasteiger partial charge is 0.322 e. The summed E-state index contributed by atoms with van der Waals surface area (Å²) in [5.41, 5.74) is 1.07. The van der Waals surface area contributed by atoms with Crippen LogP contribution in [0.2, 0.25) is 0 Å². The Morgan fingerprint density at radius 3 is 2.35 bits per heavy atom. The summed E-state index contributed by atoms with van der Waals surface area (Å²) in [4.78, 5) is 28.2. The lowest BCUT2D eigenvalue weighted by Crippen LogP contribution is -2.24. The molecule has 1 aliphatic heterocycles. The summed E-state index contributed by atoms with van der Waals surface area (Å²) in [5, 5.41) is 10.5. The van der Waals surface area contributed by atoms with Crippen molar-refractivity contribution < 1.29 is 28.2 Å². The Bertz CT molecular complexity index is 1170. The predicted octanol–water partition coefficient (Wildman–Crippen LogP) is 3.59. The fourth-order valence-electron chi connectivity index (χ4n) is 3.72. The van der Waals surface area contributed by atoms with E-state index in [0.717, 1.165) is 10.6 Å². The summed E-state index contributed by atoms with van der Waals surface area (Å²) < 4.78 is 21.5. The summed E-state index contributed by atoms with van der Waals surface area (Å²) in [7, 11) is 4.41. The Hall–Kier alpha value is -3.73. The number of rotatable bonds is 8. The molecule has 3 aromatic rings. The van der Waals surface area contributed by atoms with Crippen molar-refractivity contribution in [3.05, 3.63) is 47.9 Å². The molecule has 2 heterocycles. The highest BCUT2D eigenvalue weighted by atomic mass is 32.2. The monoisotopic (exact) mass is 484 g/mol. The van der Waals surface area contributed by atoms with Gasteiger partial charge in [-0.3, -0.25) is 14.9 Å². The first-order valence-corrected chi connectivity index (χ1v) is 11.6. The Balaban J connectivity index is 1.46. The molecule has 1 aliphatic rings. The third-order valence-electron chi connectivity index (χ3n) is 5.45. The van der Waals surface area contributed by atoms with Crippen LogP contribution in [0.5, 0.6) is 17.2 Å². The number of methoxy groups -OCH3 is 3. The molecule has 0 unspecified atom stereocenters. The van der Waals surface area contributed by atoms with Crippen molar-refractivity contribution in [1.29, 1.82) is 0 Å². The van der Waals surface area contributed by atoms with Crippen LogP contribution in [0, 0.1) is 0 Å². The van der Waals surface area contributed by atoms with Crippen molar-refractivity contribution in [2.45, 2.75) is 17.2 Å². The minimum absolute atomic E-state index is 0.0249. The van der Waals surface area contributed by atoms with Crippen LogP contribution in [0.1, 0.15) is 28.6 Å². The van der Waals surface area contributed by atoms with Crippen LogP contribution >= 0.6 is 11.8 Å². The van der Waals surface area contributed by atoms with Gasteiger partial charge < -0.3 is 23.5 Å². The molecule has 11 heteroatoms. The maximum absolute atomic E-state index is 12.8. The van der Waals surface area contributed by atoms with Crippen LogP contribution in [0.4, 0.5) is 11.7 Å². The highest BCUT2D eigenvalue weighted by Crippen LogP contribution is 2.38. The number of ether oxygens (including phenoxy) is 3. The lowest BCUT2D eigenvalue weighted by Gasteiger charge is -2.16. The molecule has 1 atom stereocenters. The van der Waals surface area contributed by atoms with E-state index in [9.17, 15) is 9.59 Å². The Morgan fingerprint density at radius 2 is 1.76 bits per heavy atom. The van der Waals surface area contributed by atoms with Gasteiger partial charge in [0.2, 0.25) is 17.5 Å². The van der Waals surface area contributed by atoms with E-state index in [1.165, 1.54) is 33.5 Å². The van der Waals surface area contributed by atoms with Gasteiger partial charge in [0.1, 0.15) is 0 Å². The number of nitrogens with one attached hydrogen (secondary N) is 1. The van der Waals surface area contributed by atoms with Gasteiger partial charge in [-0.25, -0.2) is 0 Å². The molecule has 1 N–H and O–H groups in total. The van der Waals surface area contributed by atoms with E-state index in [0.29, 0.717) is 23.8 Å². The van der Waals surface area contributed by atoms with Gasteiger partial charge in [0.15, 0.2) is 11.5 Å². The van der Waals surface area contributed by atoms with E-state index in [1.54, 1.807) is 16.7 Å². The quantitative estimate of drug-likeness (QED) is 0.479. The Labute approximate surface area is 200 Å². The second-order valence-corrected chi connectivity index (χ2v) is 8.30. The maximum Gasteiger partial charge on any atom is 0.322 e. The van der Waals surface area contributed by atoms with Crippen molar-refractivity contribution in [2.75, 3.05) is 44.3 Å². The first-order valence-electron chi connectivity index (χ1n) is 10.4. The zero-order valence-electron chi connectivity index (χ0n) is 19.2. The molecular weight excluding hydrogens is 460 g/mol. The highest BCUT2D eigenvalue weighted by molar-refractivity contribution is 7.98. The van der Waals surface area contributed by atoms with Gasteiger partial charge in [-0.05, 0) is 42.7 Å². The van der Waals surface area contributed by atoms with Crippen LogP contribution < -0.4 is 24.4 Å². The highest BCUT2D eigenvalue weighted by Gasteiger charge is 2.35. The number of nitrogens with zero attached hydrogens (tertiary/aromatic N) is 3. The number of hydrogen-bond donors (Lipinski definition) is 1. The number of amides is 2. The zero-order valence-corrected chi connectivity index (χ0v) is 20.0. The summed E-state index contributed by atoms with van der Waals surface area (Å²) in [6.45, 7) is 0.417. The second kappa shape index (κ2) is 10.0. The molecule has 0 aliphatic carbocycles. The molecule has 4 rings (SSSR count). The maximum atomic E-state index is 12.8. The molecule has 178 valence electrons. The molecule has 1 saturated heterocycles. The van der Waals surface area contributed by atoms with E-state index in [4.69, 9.17) is 18.6 Å². The molecule has 0 spiro atoms. The number of aromatic nitrogens is 2. The predicted molar refractivity (Wildman–Crippen MR) is 126 cm³/mol. The summed E-state index contributed by atoms with van der Waals surface area (Å²) in [6.07, 6.45) is 2.24. The van der Waals surface area contributed by atoms with Crippen molar-refractivity contribution in [3.63, 3.8) is 0 Å². The Kier molecular flexibility index (Phi) is 6.92. The minimum atomic E-state index is -0.493. The molecule has 0 bridgehead atoms. The van der Waals surface area contributed by atoms with Gasteiger partial charge in [0, 0.05) is 29.1 Å². The number of thioether (sulfide) groups is 1. The molecule has 34 heavy (non-hydrogen) atoms. The van der Waals surface area contributed by atoms with Crippen LogP contribution in [0.25, 0.3) is 0 Å². The van der Waals surface area contributed by atoms with Crippen LogP contribution in [0.3, 0.4) is 0 Å². The fraction of sp³-hybridized carbons (Fsp3) is 0.304. The first-order chi connectivity index (χ1) is 16.5. The molecule has 1 aromatic heterocycles. The van der Waals surface area contributed by atoms with Gasteiger partial charge in [-0.1, -0.05) is 5.10 Å². The third-order valence-corrected chi connectivity index (χ3v) is 6.19. The van der Waals surface area contributed by atoms with Crippen molar-refractivity contribution in [2.24, 2.45) is 0 Å². The second-order valence-electron chi connectivity index (χ2n) is 7.42. The number of benzene rings is 2. The number of hydrogen-bond acceptors (Lipinski definition) is 9. The summed E-state index contributed by atoms with van der Waals surface area (Å²) >= 11 is 1.64. The van der Waals surface area contributed by atoms with E-state index < -0.39 is 5.91 Å². The van der Waals surface area contributed by atoms with Crippen LogP contribution in [-0.4, -0.2) is 56.1 Å². The van der Waals surface area contributed by atoms with Gasteiger partial charge in [0.05, 0.1) is 27.2 Å². The molecule has 0 radical (unpaired) electrons. The van der Waals surface area contributed by atoms with Crippen molar-refractivity contribution >= 4 is 35.3 Å². The van der Waals surface area contributed by atoms with E-state index in [1.807, 2.05) is 30.5 Å². The van der Waals surface area contributed by atoms with E-state index in [-0.39, 0.29) is 35.7 Å². The van der Waals surface area contributed by atoms with Crippen molar-refractivity contribution in [3.8, 4) is 17.2 Å². The van der Waals surface area contributed by atoms with Crippen LogP contribution in [-0.2, 0) is 4.79 Å². The molecular formula is C23H24N4O6S. The normalized spacial score (nSPS) is 15.4. The van der Waals surface area contributed by atoms with Gasteiger partial charge in [-0.2, -0.15) is 0 Å². The SMILES string of the molecule is COc1cc(C(=O)Nc2nnc([C@@H]3CC(=O)N(c4ccc(SC)cc4)C3)o2)cc(OC)c1OC. The lowest BCUT2D eigenvalue weighted by molar-refractivity contribution is -0.117. The average molecular weight is 485 g/mol.